The van der Waals surface area contributed by atoms with Crippen molar-refractivity contribution in [1.29, 1.82) is 0 Å². The second-order valence-corrected chi connectivity index (χ2v) is 5.91. The molecule has 0 amide bonds. The van der Waals surface area contributed by atoms with Gasteiger partial charge in [-0.25, -0.2) is 4.79 Å². The lowest BCUT2D eigenvalue weighted by atomic mass is 10.0. The Hall–Kier alpha value is -3.40. The monoisotopic (exact) mass is 328 g/mol. The van der Waals surface area contributed by atoms with Crippen LogP contribution in [-0.4, -0.2) is 20.9 Å². The van der Waals surface area contributed by atoms with E-state index in [0.29, 0.717) is 12.1 Å². The lowest BCUT2D eigenvalue weighted by Gasteiger charge is -2.08. The molecule has 0 bridgehead atoms. The minimum absolute atomic E-state index is 0.274. The Kier molecular flexibility index (Phi) is 3.78. The van der Waals surface area contributed by atoms with Crippen LogP contribution in [0.4, 0.5) is 0 Å². The van der Waals surface area contributed by atoms with Gasteiger partial charge in [-0.05, 0) is 22.8 Å². The number of aromatic carboxylic acids is 1. The molecule has 0 spiro atoms. The highest BCUT2D eigenvalue weighted by molar-refractivity contribution is 6.01. The third kappa shape index (κ3) is 2.90. The van der Waals surface area contributed by atoms with Gasteiger partial charge in [0.15, 0.2) is 0 Å². The van der Waals surface area contributed by atoms with Gasteiger partial charge >= 0.3 is 5.97 Å². The summed E-state index contributed by atoms with van der Waals surface area (Å²) in [4.78, 5) is 11.5. The van der Waals surface area contributed by atoms with E-state index in [1.165, 1.54) is 5.56 Å². The summed E-state index contributed by atoms with van der Waals surface area (Å²) >= 11 is 0. The fourth-order valence-electron chi connectivity index (χ4n) is 3.04. The summed E-state index contributed by atoms with van der Waals surface area (Å²) in [5.41, 5.74) is 4.33. The zero-order valence-corrected chi connectivity index (χ0v) is 13.5. The molecule has 4 heteroatoms. The normalized spacial score (nSPS) is 10.9. The molecule has 4 nitrogen and oxygen atoms in total. The standard InChI is InChI=1S/C21H16N2O2/c24-21(25)19-8-4-7-18-13-22-23(20(18)19)14-15-9-11-17(12-10-15)16-5-2-1-3-6-16/h1-13H,14H2,(H,24,25). The molecule has 1 N–H and O–H groups in total. The molecule has 4 rings (SSSR count). The fourth-order valence-corrected chi connectivity index (χ4v) is 3.04. The van der Waals surface area contributed by atoms with Crippen molar-refractivity contribution in [3.8, 4) is 11.1 Å². The molecule has 0 saturated carbocycles. The zero-order chi connectivity index (χ0) is 17.2. The van der Waals surface area contributed by atoms with Crippen molar-refractivity contribution in [3.05, 3.63) is 90.1 Å². The number of carboxylic acid groups (broad SMARTS) is 1. The van der Waals surface area contributed by atoms with Crippen molar-refractivity contribution < 1.29 is 9.90 Å². The predicted octanol–water partition coefficient (Wildman–Crippen LogP) is 4.45. The third-order valence-corrected chi connectivity index (χ3v) is 4.29. The van der Waals surface area contributed by atoms with Gasteiger partial charge in [0.2, 0.25) is 0 Å². The molecular weight excluding hydrogens is 312 g/mol. The topological polar surface area (TPSA) is 55.1 Å². The van der Waals surface area contributed by atoms with Crippen LogP contribution >= 0.6 is 0 Å². The molecule has 4 aromatic rings. The number of para-hydroxylation sites is 1. The van der Waals surface area contributed by atoms with Gasteiger partial charge in [0.25, 0.3) is 0 Å². The molecule has 0 radical (unpaired) electrons. The molecular formula is C21H16N2O2. The van der Waals surface area contributed by atoms with Crippen LogP contribution in [0.5, 0.6) is 0 Å². The SMILES string of the molecule is O=C(O)c1cccc2cnn(Cc3ccc(-c4ccccc4)cc3)c12. The van der Waals surface area contributed by atoms with Gasteiger partial charge in [-0.15, -0.1) is 0 Å². The maximum atomic E-state index is 11.5. The van der Waals surface area contributed by atoms with Gasteiger partial charge in [-0.2, -0.15) is 5.10 Å². The Labute approximate surface area is 145 Å². The second-order valence-electron chi connectivity index (χ2n) is 5.91. The maximum absolute atomic E-state index is 11.5. The lowest BCUT2D eigenvalue weighted by molar-refractivity contribution is 0.0698. The average Bonchev–Trinajstić information content (AvgIpc) is 3.06. The first-order valence-corrected chi connectivity index (χ1v) is 8.04. The molecule has 122 valence electrons. The summed E-state index contributed by atoms with van der Waals surface area (Å²) in [6.45, 7) is 0.531. The van der Waals surface area contributed by atoms with E-state index in [1.54, 1.807) is 23.0 Å². The molecule has 1 aromatic heterocycles. The van der Waals surface area contributed by atoms with E-state index in [2.05, 4.69) is 41.5 Å². The van der Waals surface area contributed by atoms with Crippen molar-refractivity contribution in [2.75, 3.05) is 0 Å². The van der Waals surface area contributed by atoms with Crippen molar-refractivity contribution in [2.24, 2.45) is 0 Å². The Morgan fingerprint density at radius 3 is 2.32 bits per heavy atom. The Morgan fingerprint density at radius 1 is 0.880 bits per heavy atom. The largest absolute Gasteiger partial charge is 0.478 e. The molecule has 0 unspecified atom stereocenters. The highest BCUT2D eigenvalue weighted by Gasteiger charge is 2.13. The van der Waals surface area contributed by atoms with Crippen LogP contribution in [0.2, 0.25) is 0 Å². The molecule has 0 aliphatic rings. The summed E-state index contributed by atoms with van der Waals surface area (Å²) < 4.78 is 1.75. The summed E-state index contributed by atoms with van der Waals surface area (Å²) in [5.74, 6) is -0.938. The summed E-state index contributed by atoms with van der Waals surface area (Å²) in [6.07, 6.45) is 1.71. The highest BCUT2D eigenvalue weighted by atomic mass is 16.4. The van der Waals surface area contributed by atoms with E-state index in [-0.39, 0.29) is 5.56 Å². The Morgan fingerprint density at radius 2 is 1.60 bits per heavy atom. The van der Waals surface area contributed by atoms with E-state index in [9.17, 15) is 9.90 Å². The van der Waals surface area contributed by atoms with E-state index >= 15 is 0 Å². The number of aromatic nitrogens is 2. The molecule has 0 saturated heterocycles. The molecule has 3 aromatic carbocycles. The Bertz CT molecular complexity index is 1030. The molecule has 0 aliphatic heterocycles. The molecule has 0 fully saturated rings. The van der Waals surface area contributed by atoms with E-state index < -0.39 is 5.97 Å². The van der Waals surface area contributed by atoms with Crippen LogP contribution in [0.15, 0.2) is 79.0 Å². The summed E-state index contributed by atoms with van der Waals surface area (Å²) in [6, 6.07) is 23.7. The Balaban J connectivity index is 1.67. The fraction of sp³-hybridized carbons (Fsp3) is 0.0476. The maximum Gasteiger partial charge on any atom is 0.337 e. The molecule has 1 heterocycles. The van der Waals surface area contributed by atoms with Crippen molar-refractivity contribution in [3.63, 3.8) is 0 Å². The lowest BCUT2D eigenvalue weighted by Crippen LogP contribution is -2.06. The van der Waals surface area contributed by atoms with Gasteiger partial charge in [-0.1, -0.05) is 66.7 Å². The van der Waals surface area contributed by atoms with Crippen LogP contribution < -0.4 is 0 Å². The van der Waals surface area contributed by atoms with E-state index in [4.69, 9.17) is 0 Å². The van der Waals surface area contributed by atoms with Crippen molar-refractivity contribution >= 4 is 16.9 Å². The number of rotatable bonds is 4. The van der Waals surface area contributed by atoms with Gasteiger partial charge in [0.05, 0.1) is 23.8 Å². The third-order valence-electron chi connectivity index (χ3n) is 4.29. The number of hydrogen-bond acceptors (Lipinski definition) is 2. The van der Waals surface area contributed by atoms with Crippen molar-refractivity contribution in [2.45, 2.75) is 6.54 Å². The summed E-state index contributed by atoms with van der Waals surface area (Å²) in [7, 11) is 0. The van der Waals surface area contributed by atoms with Gasteiger partial charge in [0.1, 0.15) is 0 Å². The minimum Gasteiger partial charge on any atom is -0.478 e. The smallest absolute Gasteiger partial charge is 0.337 e. The number of nitrogens with zero attached hydrogens (tertiary/aromatic N) is 2. The van der Waals surface area contributed by atoms with E-state index in [0.717, 1.165) is 16.5 Å². The first kappa shape index (κ1) is 15.1. The van der Waals surface area contributed by atoms with Crippen LogP contribution in [0.25, 0.3) is 22.0 Å². The van der Waals surface area contributed by atoms with Gasteiger partial charge in [-0.3, -0.25) is 4.68 Å². The first-order valence-electron chi connectivity index (χ1n) is 8.04. The van der Waals surface area contributed by atoms with Gasteiger partial charge in [0, 0.05) is 5.39 Å². The number of hydrogen-bond donors (Lipinski definition) is 1. The van der Waals surface area contributed by atoms with Crippen molar-refractivity contribution in [1.82, 2.24) is 9.78 Å². The minimum atomic E-state index is -0.938. The van der Waals surface area contributed by atoms with Crippen LogP contribution in [0.1, 0.15) is 15.9 Å². The number of carbonyl (C=O) groups is 1. The number of benzene rings is 3. The molecule has 0 atom stereocenters. The quantitative estimate of drug-likeness (QED) is 0.602. The molecule has 25 heavy (non-hydrogen) atoms. The first-order chi connectivity index (χ1) is 12.2. The summed E-state index contributed by atoms with van der Waals surface area (Å²) in [5, 5.41) is 14.6. The predicted molar refractivity (Wildman–Crippen MR) is 97.7 cm³/mol. The van der Waals surface area contributed by atoms with Gasteiger partial charge < -0.3 is 5.11 Å². The highest BCUT2D eigenvalue weighted by Crippen LogP contribution is 2.22. The molecule has 0 aliphatic carbocycles. The van der Waals surface area contributed by atoms with Crippen LogP contribution in [0, 0.1) is 0 Å². The second kappa shape index (κ2) is 6.24. The number of fused-ring (bicyclic) bond motifs is 1. The van der Waals surface area contributed by atoms with Crippen LogP contribution in [-0.2, 0) is 6.54 Å². The average molecular weight is 328 g/mol. The number of carboxylic acids is 1. The van der Waals surface area contributed by atoms with Crippen LogP contribution in [0.3, 0.4) is 0 Å². The zero-order valence-electron chi connectivity index (χ0n) is 13.5. The van der Waals surface area contributed by atoms with E-state index in [1.807, 2.05) is 24.3 Å².